The van der Waals surface area contributed by atoms with E-state index in [1.165, 1.54) is 11.3 Å². The lowest BCUT2D eigenvalue weighted by molar-refractivity contribution is 0.295. The monoisotopic (exact) mass is 264 g/mol. The van der Waals surface area contributed by atoms with Crippen molar-refractivity contribution in [2.24, 2.45) is 5.73 Å². The standard InChI is InChI=1S/C16H28N2O/c1-4-13(5-2)18(11-12-19)16-10-8-7-9-14(16)15(17)6-3/h7-10,13,15,19H,4-6,11-12,17H2,1-3H3/t15-/m1/s1. The molecule has 1 atom stereocenters. The molecule has 0 heterocycles. The van der Waals surface area contributed by atoms with Gasteiger partial charge in [-0.3, -0.25) is 0 Å². The Labute approximate surface area is 117 Å². The Morgan fingerprint density at radius 2 is 1.74 bits per heavy atom. The van der Waals surface area contributed by atoms with Crippen molar-refractivity contribution >= 4 is 5.69 Å². The van der Waals surface area contributed by atoms with Gasteiger partial charge in [0.1, 0.15) is 0 Å². The van der Waals surface area contributed by atoms with Crippen molar-refractivity contribution < 1.29 is 5.11 Å². The van der Waals surface area contributed by atoms with Crippen LogP contribution < -0.4 is 10.6 Å². The molecule has 3 N–H and O–H groups in total. The van der Waals surface area contributed by atoms with Crippen molar-refractivity contribution in [2.45, 2.75) is 52.1 Å². The summed E-state index contributed by atoms with van der Waals surface area (Å²) in [6.45, 7) is 7.34. The van der Waals surface area contributed by atoms with Crippen molar-refractivity contribution in [3.8, 4) is 0 Å². The summed E-state index contributed by atoms with van der Waals surface area (Å²) in [5.41, 5.74) is 8.59. The highest BCUT2D eigenvalue weighted by molar-refractivity contribution is 5.55. The number of aliphatic hydroxyl groups excluding tert-OH is 1. The summed E-state index contributed by atoms with van der Waals surface area (Å²) < 4.78 is 0. The minimum absolute atomic E-state index is 0.0618. The van der Waals surface area contributed by atoms with Gasteiger partial charge >= 0.3 is 0 Å². The molecule has 0 spiro atoms. The molecule has 1 aromatic carbocycles. The van der Waals surface area contributed by atoms with Crippen LogP contribution in [0.3, 0.4) is 0 Å². The summed E-state index contributed by atoms with van der Waals surface area (Å²) in [7, 11) is 0. The number of anilines is 1. The first-order valence-electron chi connectivity index (χ1n) is 7.41. The molecule has 0 aliphatic carbocycles. The highest BCUT2D eigenvalue weighted by Crippen LogP contribution is 2.29. The van der Waals surface area contributed by atoms with Gasteiger partial charge in [-0.25, -0.2) is 0 Å². The molecule has 0 radical (unpaired) electrons. The van der Waals surface area contributed by atoms with E-state index in [-0.39, 0.29) is 12.6 Å². The first-order chi connectivity index (χ1) is 9.19. The second kappa shape index (κ2) is 8.18. The van der Waals surface area contributed by atoms with Crippen LogP contribution in [0.25, 0.3) is 0 Å². The molecule has 0 saturated heterocycles. The topological polar surface area (TPSA) is 49.5 Å². The van der Waals surface area contributed by atoms with Crippen molar-refractivity contribution in [1.29, 1.82) is 0 Å². The smallest absolute Gasteiger partial charge is 0.0606 e. The largest absolute Gasteiger partial charge is 0.395 e. The fourth-order valence-electron chi connectivity index (χ4n) is 2.62. The van der Waals surface area contributed by atoms with Crippen LogP contribution in [-0.4, -0.2) is 24.3 Å². The van der Waals surface area contributed by atoms with E-state index in [9.17, 15) is 5.11 Å². The van der Waals surface area contributed by atoms with Crippen LogP contribution in [0.5, 0.6) is 0 Å². The molecule has 19 heavy (non-hydrogen) atoms. The average molecular weight is 264 g/mol. The van der Waals surface area contributed by atoms with Crippen LogP contribution in [-0.2, 0) is 0 Å². The van der Waals surface area contributed by atoms with E-state index in [1.807, 2.05) is 12.1 Å². The van der Waals surface area contributed by atoms with Crippen LogP contribution >= 0.6 is 0 Å². The van der Waals surface area contributed by atoms with Gasteiger partial charge in [-0.2, -0.15) is 0 Å². The van der Waals surface area contributed by atoms with E-state index in [0.29, 0.717) is 12.6 Å². The maximum absolute atomic E-state index is 9.35. The molecule has 0 unspecified atom stereocenters. The van der Waals surface area contributed by atoms with Crippen LogP contribution in [0.1, 0.15) is 51.6 Å². The van der Waals surface area contributed by atoms with Gasteiger partial charge in [-0.05, 0) is 30.9 Å². The number of nitrogens with zero attached hydrogens (tertiary/aromatic N) is 1. The molecule has 0 aliphatic heterocycles. The van der Waals surface area contributed by atoms with Gasteiger partial charge in [0.15, 0.2) is 0 Å². The summed E-state index contributed by atoms with van der Waals surface area (Å²) in [6.07, 6.45) is 3.07. The molecule has 0 fully saturated rings. The lowest BCUT2D eigenvalue weighted by atomic mass is 10.00. The molecule has 1 aromatic rings. The predicted molar refractivity (Wildman–Crippen MR) is 82.5 cm³/mol. The van der Waals surface area contributed by atoms with Gasteiger partial charge in [0.25, 0.3) is 0 Å². The Kier molecular flexibility index (Phi) is 6.89. The Morgan fingerprint density at radius 3 is 2.26 bits per heavy atom. The summed E-state index contributed by atoms with van der Waals surface area (Å²) in [5, 5.41) is 9.35. The third-order valence-electron chi connectivity index (χ3n) is 3.81. The molecule has 108 valence electrons. The molecular weight excluding hydrogens is 236 g/mol. The summed E-state index contributed by atoms with van der Waals surface area (Å²) in [6, 6.07) is 8.84. The van der Waals surface area contributed by atoms with Crippen LogP contribution in [0.15, 0.2) is 24.3 Å². The summed E-state index contributed by atoms with van der Waals surface area (Å²) in [4.78, 5) is 2.31. The molecule has 0 amide bonds. The first kappa shape index (κ1) is 16.0. The third-order valence-corrected chi connectivity index (χ3v) is 3.81. The predicted octanol–water partition coefficient (Wildman–Crippen LogP) is 3.08. The normalized spacial score (nSPS) is 12.7. The molecule has 1 rings (SSSR count). The quantitative estimate of drug-likeness (QED) is 0.758. The SMILES string of the molecule is CCC(CC)N(CCO)c1ccccc1[C@H](N)CC. The zero-order valence-electron chi connectivity index (χ0n) is 12.5. The van der Waals surface area contributed by atoms with E-state index in [4.69, 9.17) is 5.73 Å². The Balaban J connectivity index is 3.14. The van der Waals surface area contributed by atoms with Gasteiger partial charge < -0.3 is 15.7 Å². The zero-order chi connectivity index (χ0) is 14.3. The van der Waals surface area contributed by atoms with Crippen molar-refractivity contribution in [1.82, 2.24) is 0 Å². The number of benzene rings is 1. The Hall–Kier alpha value is -1.06. The zero-order valence-corrected chi connectivity index (χ0v) is 12.5. The van der Waals surface area contributed by atoms with Crippen LogP contribution in [0.2, 0.25) is 0 Å². The lowest BCUT2D eigenvalue weighted by Crippen LogP contribution is -2.38. The van der Waals surface area contributed by atoms with Gasteiger partial charge in [0, 0.05) is 24.3 Å². The number of nitrogens with two attached hydrogens (primary N) is 1. The first-order valence-corrected chi connectivity index (χ1v) is 7.41. The molecule has 3 nitrogen and oxygen atoms in total. The van der Waals surface area contributed by atoms with Gasteiger partial charge in [-0.15, -0.1) is 0 Å². The van der Waals surface area contributed by atoms with E-state index in [1.54, 1.807) is 0 Å². The summed E-state index contributed by atoms with van der Waals surface area (Å²) in [5.74, 6) is 0. The number of hydrogen-bond acceptors (Lipinski definition) is 3. The Morgan fingerprint density at radius 1 is 1.11 bits per heavy atom. The van der Waals surface area contributed by atoms with E-state index in [2.05, 4.69) is 37.8 Å². The third kappa shape index (κ3) is 3.95. The highest BCUT2D eigenvalue weighted by atomic mass is 16.3. The number of rotatable bonds is 8. The fourth-order valence-corrected chi connectivity index (χ4v) is 2.62. The van der Waals surface area contributed by atoms with E-state index >= 15 is 0 Å². The minimum Gasteiger partial charge on any atom is -0.395 e. The maximum Gasteiger partial charge on any atom is 0.0606 e. The van der Waals surface area contributed by atoms with Gasteiger partial charge in [-0.1, -0.05) is 39.0 Å². The maximum atomic E-state index is 9.35. The molecule has 0 saturated carbocycles. The second-order valence-electron chi connectivity index (χ2n) is 4.96. The fraction of sp³-hybridized carbons (Fsp3) is 0.625. The summed E-state index contributed by atoms with van der Waals surface area (Å²) >= 11 is 0. The molecule has 3 heteroatoms. The molecule has 0 aliphatic rings. The van der Waals surface area contributed by atoms with Crippen molar-refractivity contribution in [3.05, 3.63) is 29.8 Å². The van der Waals surface area contributed by atoms with Gasteiger partial charge in [0.2, 0.25) is 0 Å². The van der Waals surface area contributed by atoms with Crippen LogP contribution in [0, 0.1) is 0 Å². The highest BCUT2D eigenvalue weighted by Gasteiger charge is 2.19. The number of aliphatic hydroxyl groups is 1. The van der Waals surface area contributed by atoms with E-state index < -0.39 is 0 Å². The van der Waals surface area contributed by atoms with E-state index in [0.717, 1.165) is 19.3 Å². The van der Waals surface area contributed by atoms with Gasteiger partial charge in [0.05, 0.1) is 6.61 Å². The van der Waals surface area contributed by atoms with Crippen LogP contribution in [0.4, 0.5) is 5.69 Å². The molecule has 0 aromatic heterocycles. The number of hydrogen-bond donors (Lipinski definition) is 2. The van der Waals surface area contributed by atoms with Crippen molar-refractivity contribution in [3.63, 3.8) is 0 Å². The minimum atomic E-state index is 0.0618. The Bertz CT molecular complexity index is 364. The molecule has 0 bridgehead atoms. The average Bonchev–Trinajstić information content (AvgIpc) is 2.46. The van der Waals surface area contributed by atoms with Crippen molar-refractivity contribution in [2.75, 3.05) is 18.1 Å². The second-order valence-corrected chi connectivity index (χ2v) is 4.96. The molecular formula is C16H28N2O. The number of para-hydroxylation sites is 1. The lowest BCUT2D eigenvalue weighted by Gasteiger charge is -2.34.